The average Bonchev–Trinajstić information content (AvgIpc) is 2.50. The molecule has 0 saturated carbocycles. The van der Waals surface area contributed by atoms with Crippen molar-refractivity contribution in [3.63, 3.8) is 0 Å². The van der Waals surface area contributed by atoms with Gasteiger partial charge in [0.15, 0.2) is 6.29 Å². The Morgan fingerprint density at radius 2 is 1.76 bits per heavy atom. The molecule has 0 bridgehead atoms. The van der Waals surface area contributed by atoms with Crippen molar-refractivity contribution < 1.29 is 15.6 Å². The molecule has 3 nitrogen and oxygen atoms in total. The number of hydrogen-bond acceptors (Lipinski definition) is 3. The number of hydrogen-bond donors (Lipinski definition) is 0. The summed E-state index contributed by atoms with van der Waals surface area (Å²) in [4.78, 5) is 0. The van der Waals surface area contributed by atoms with Gasteiger partial charge in [0.05, 0.1) is 27.5 Å². The van der Waals surface area contributed by atoms with E-state index < -0.39 is 6.58 Å². The Balaban J connectivity index is 2.10. The highest BCUT2D eigenvalue weighted by molar-refractivity contribution is 6.12. The van der Waals surface area contributed by atoms with Crippen LogP contribution in [0, 0.1) is 23.7 Å². The van der Waals surface area contributed by atoms with E-state index in [1.54, 1.807) is 0 Å². The van der Waals surface area contributed by atoms with Crippen molar-refractivity contribution in [2.45, 2.75) is 78.4 Å². The highest BCUT2D eigenvalue weighted by Gasteiger charge is 2.42. The first kappa shape index (κ1) is 15.8. The Labute approximate surface area is 132 Å². The molecule has 2 saturated heterocycles. The molecule has 120 valence electrons. The van der Waals surface area contributed by atoms with Crippen LogP contribution in [-0.2, 0) is 14.2 Å². The van der Waals surface area contributed by atoms with Gasteiger partial charge in [0.2, 0.25) is 0 Å². The summed E-state index contributed by atoms with van der Waals surface area (Å²) >= 11 is 0. The van der Waals surface area contributed by atoms with E-state index in [1.165, 1.54) is 0 Å². The van der Waals surface area contributed by atoms with Crippen LogP contribution in [0.3, 0.4) is 0 Å². The minimum atomic E-state index is -0.664. The lowest BCUT2D eigenvalue weighted by molar-refractivity contribution is -0.286. The number of ether oxygens (including phenoxy) is 3. The molecule has 0 aromatic rings. The van der Waals surface area contributed by atoms with Crippen LogP contribution in [0.15, 0.2) is 0 Å². The molecule has 0 amide bonds. The SMILES string of the molecule is [2H][C@H]1OC(CC)[C@@H](O[C@@H]2OC(C)[C@@H](C)[C@@H](C)C2C)[C@H](C)C1[B]. The lowest BCUT2D eigenvalue weighted by Gasteiger charge is -2.47. The molecule has 21 heavy (non-hydrogen) atoms. The molecule has 2 rings (SSSR count). The van der Waals surface area contributed by atoms with Crippen molar-refractivity contribution in [2.75, 3.05) is 6.58 Å². The molecule has 2 heterocycles. The van der Waals surface area contributed by atoms with E-state index in [0.29, 0.717) is 17.8 Å². The van der Waals surface area contributed by atoms with Crippen molar-refractivity contribution in [3.05, 3.63) is 0 Å². The maximum atomic E-state index is 7.95. The summed E-state index contributed by atoms with van der Waals surface area (Å²) < 4.78 is 26.2. The second kappa shape index (κ2) is 7.01. The van der Waals surface area contributed by atoms with Gasteiger partial charge in [-0.3, -0.25) is 0 Å². The second-order valence-electron chi connectivity index (χ2n) is 7.04. The largest absolute Gasteiger partial charge is 0.376 e. The van der Waals surface area contributed by atoms with Crippen molar-refractivity contribution in [1.29, 1.82) is 0 Å². The standard InChI is InChI=1S/C17H31BO3/c1-7-15-16(12(5)14(18)8-19-15)21-17-11(4)9(2)10(3)13(6)20-17/h9-17H,7-8H2,1-6H3/t9-,10+,11?,12-,13?,14?,15?,16+,17+/m1/s1/i8D/t8-,9-,10+,11?,12-,13?,14?,15?,16+,17+. The smallest absolute Gasteiger partial charge is 0.161 e. The fourth-order valence-corrected chi connectivity index (χ4v) is 3.42. The molecule has 0 aromatic carbocycles. The maximum absolute atomic E-state index is 7.95. The Morgan fingerprint density at radius 1 is 1.10 bits per heavy atom. The quantitative estimate of drug-likeness (QED) is 0.747. The van der Waals surface area contributed by atoms with Crippen LogP contribution in [0.2, 0.25) is 5.82 Å². The third kappa shape index (κ3) is 3.48. The molecule has 10 atom stereocenters. The zero-order valence-electron chi connectivity index (χ0n) is 15.3. The van der Waals surface area contributed by atoms with Crippen LogP contribution in [0.1, 0.15) is 49.3 Å². The molecule has 0 aliphatic carbocycles. The lowest BCUT2D eigenvalue weighted by atomic mass is 9.72. The van der Waals surface area contributed by atoms with Crippen LogP contribution in [0.5, 0.6) is 0 Å². The third-order valence-corrected chi connectivity index (χ3v) is 5.77. The summed E-state index contributed by atoms with van der Waals surface area (Å²) in [6, 6.07) is 0. The minimum absolute atomic E-state index is 0.0851. The summed E-state index contributed by atoms with van der Waals surface area (Å²) in [5.74, 6) is 1.17. The summed E-state index contributed by atoms with van der Waals surface area (Å²) in [5, 5.41) is 0. The van der Waals surface area contributed by atoms with E-state index in [0.717, 1.165) is 6.42 Å². The van der Waals surface area contributed by atoms with Crippen LogP contribution < -0.4 is 0 Å². The van der Waals surface area contributed by atoms with Crippen LogP contribution in [0.25, 0.3) is 0 Å². The van der Waals surface area contributed by atoms with Crippen molar-refractivity contribution in [1.82, 2.24) is 0 Å². The molecule has 0 spiro atoms. The normalized spacial score (nSPS) is 56.0. The predicted octanol–water partition coefficient (Wildman–Crippen LogP) is 3.43. The van der Waals surface area contributed by atoms with Gasteiger partial charge < -0.3 is 14.2 Å². The average molecular weight is 295 g/mol. The van der Waals surface area contributed by atoms with Gasteiger partial charge in [0, 0.05) is 12.5 Å². The van der Waals surface area contributed by atoms with Gasteiger partial charge in [-0.15, -0.1) is 0 Å². The highest BCUT2D eigenvalue weighted by atomic mass is 16.7. The zero-order chi connectivity index (χ0) is 16.6. The van der Waals surface area contributed by atoms with Gasteiger partial charge >= 0.3 is 0 Å². The van der Waals surface area contributed by atoms with Crippen LogP contribution in [0.4, 0.5) is 0 Å². The summed E-state index contributed by atoms with van der Waals surface area (Å²) in [7, 11) is 6.11. The van der Waals surface area contributed by atoms with E-state index in [9.17, 15) is 0 Å². The maximum Gasteiger partial charge on any atom is 0.161 e. The molecule has 2 radical (unpaired) electrons. The van der Waals surface area contributed by atoms with Gasteiger partial charge in [-0.25, -0.2) is 0 Å². The number of rotatable bonds is 3. The van der Waals surface area contributed by atoms with Crippen molar-refractivity contribution in [3.8, 4) is 0 Å². The second-order valence-corrected chi connectivity index (χ2v) is 7.04. The molecule has 0 N–H and O–H groups in total. The van der Waals surface area contributed by atoms with Gasteiger partial charge in [0.1, 0.15) is 0 Å². The minimum Gasteiger partial charge on any atom is -0.376 e. The Bertz CT molecular complexity index is 368. The van der Waals surface area contributed by atoms with E-state index in [1.807, 2.05) is 0 Å². The van der Waals surface area contributed by atoms with Gasteiger partial charge in [-0.1, -0.05) is 34.6 Å². The van der Waals surface area contributed by atoms with E-state index >= 15 is 0 Å². The first-order valence-corrected chi connectivity index (χ1v) is 8.42. The zero-order valence-corrected chi connectivity index (χ0v) is 14.3. The van der Waals surface area contributed by atoms with Gasteiger partial charge in [0.25, 0.3) is 0 Å². The Morgan fingerprint density at radius 3 is 2.38 bits per heavy atom. The molecule has 0 aromatic heterocycles. The lowest BCUT2D eigenvalue weighted by Crippen LogP contribution is -2.51. The third-order valence-electron chi connectivity index (χ3n) is 5.77. The van der Waals surface area contributed by atoms with Gasteiger partial charge in [-0.05, 0) is 36.9 Å². The van der Waals surface area contributed by atoms with Crippen molar-refractivity contribution in [2.24, 2.45) is 23.7 Å². The molecule has 2 aliphatic heterocycles. The Kier molecular flexibility index (Phi) is 5.29. The van der Waals surface area contributed by atoms with E-state index in [2.05, 4.69) is 41.5 Å². The molecular weight excluding hydrogens is 263 g/mol. The molecule has 2 fully saturated rings. The fourth-order valence-electron chi connectivity index (χ4n) is 3.42. The summed E-state index contributed by atoms with van der Waals surface area (Å²) in [6.07, 6.45) is 0.592. The van der Waals surface area contributed by atoms with Gasteiger partial charge in [-0.2, -0.15) is 0 Å². The molecule has 4 heteroatoms. The van der Waals surface area contributed by atoms with Crippen molar-refractivity contribution >= 4 is 7.85 Å². The molecule has 2 aliphatic rings. The summed E-state index contributed by atoms with van der Waals surface area (Å²) in [6.45, 7) is 12.3. The molecular formula is C17H31BO3. The van der Waals surface area contributed by atoms with E-state index in [4.69, 9.17) is 23.4 Å². The topological polar surface area (TPSA) is 27.7 Å². The van der Waals surface area contributed by atoms with Crippen LogP contribution in [-0.4, -0.2) is 39.0 Å². The molecule has 4 unspecified atom stereocenters. The van der Waals surface area contributed by atoms with Crippen LogP contribution >= 0.6 is 0 Å². The Hall–Kier alpha value is -0.0551. The summed E-state index contributed by atoms with van der Waals surface area (Å²) in [5.41, 5.74) is 0. The highest BCUT2D eigenvalue weighted by Crippen LogP contribution is 2.39. The monoisotopic (exact) mass is 295 g/mol. The predicted molar refractivity (Wildman–Crippen MR) is 85.4 cm³/mol. The fraction of sp³-hybridized carbons (Fsp3) is 1.00. The van der Waals surface area contributed by atoms with E-state index in [-0.39, 0.29) is 36.3 Å². The first-order chi connectivity index (χ1) is 10.3. The first-order valence-electron chi connectivity index (χ1n) is 8.99.